The molecule has 2 N–H and O–H groups in total. The van der Waals surface area contributed by atoms with E-state index in [0.29, 0.717) is 10.9 Å². The van der Waals surface area contributed by atoms with E-state index in [2.05, 4.69) is 10.0 Å². The fourth-order valence-corrected chi connectivity index (χ4v) is 3.58. The summed E-state index contributed by atoms with van der Waals surface area (Å²) in [5, 5.41) is 2.80. The van der Waals surface area contributed by atoms with Gasteiger partial charge in [-0.25, -0.2) is 13.1 Å². The monoisotopic (exact) mass is 282 g/mol. The van der Waals surface area contributed by atoms with E-state index in [4.69, 9.17) is 11.6 Å². The SMILES string of the molecule is CNCCS(=O)(=O)NC(C)c1ccc(Cl)s1. The molecule has 4 nitrogen and oxygen atoms in total. The van der Waals surface area contributed by atoms with Crippen LogP contribution in [0.5, 0.6) is 0 Å². The summed E-state index contributed by atoms with van der Waals surface area (Å²) in [5.74, 6) is 0.0763. The summed E-state index contributed by atoms with van der Waals surface area (Å²) in [4.78, 5) is 0.915. The predicted octanol–water partition coefficient (Wildman–Crippen LogP) is 1.60. The molecular formula is C9H15ClN2O2S2. The van der Waals surface area contributed by atoms with E-state index in [0.717, 1.165) is 4.88 Å². The Hall–Kier alpha value is -0.140. The van der Waals surface area contributed by atoms with Gasteiger partial charge in [-0.1, -0.05) is 11.6 Å². The number of sulfonamides is 1. The Morgan fingerprint density at radius 3 is 2.69 bits per heavy atom. The summed E-state index contributed by atoms with van der Waals surface area (Å²) < 4.78 is 26.5. The van der Waals surface area contributed by atoms with Crippen LogP contribution in [0.1, 0.15) is 17.8 Å². The van der Waals surface area contributed by atoms with Crippen LogP contribution in [-0.4, -0.2) is 27.8 Å². The van der Waals surface area contributed by atoms with Crippen LogP contribution < -0.4 is 10.0 Å². The average molecular weight is 283 g/mol. The lowest BCUT2D eigenvalue weighted by Gasteiger charge is -2.12. The van der Waals surface area contributed by atoms with Gasteiger partial charge in [0, 0.05) is 11.4 Å². The van der Waals surface area contributed by atoms with Crippen LogP contribution in [0.2, 0.25) is 4.34 Å². The first kappa shape index (κ1) is 13.9. The van der Waals surface area contributed by atoms with Crippen LogP contribution in [0, 0.1) is 0 Å². The molecule has 1 aromatic heterocycles. The molecule has 1 unspecified atom stereocenters. The van der Waals surface area contributed by atoms with Gasteiger partial charge in [-0.05, 0) is 26.1 Å². The number of rotatable bonds is 6. The second-order valence-electron chi connectivity index (χ2n) is 3.40. The molecule has 0 fully saturated rings. The number of hydrogen-bond donors (Lipinski definition) is 2. The van der Waals surface area contributed by atoms with Crippen molar-refractivity contribution in [2.45, 2.75) is 13.0 Å². The molecule has 0 saturated carbocycles. The molecule has 1 atom stereocenters. The summed E-state index contributed by atoms with van der Waals surface area (Å²) in [6.45, 7) is 2.24. The van der Waals surface area contributed by atoms with E-state index in [1.165, 1.54) is 11.3 Å². The first-order valence-electron chi connectivity index (χ1n) is 4.84. The lowest BCUT2D eigenvalue weighted by Crippen LogP contribution is -2.32. The van der Waals surface area contributed by atoms with Crippen LogP contribution >= 0.6 is 22.9 Å². The van der Waals surface area contributed by atoms with Gasteiger partial charge >= 0.3 is 0 Å². The average Bonchev–Trinajstić information content (AvgIpc) is 2.61. The van der Waals surface area contributed by atoms with E-state index in [9.17, 15) is 8.42 Å². The molecule has 7 heteroatoms. The van der Waals surface area contributed by atoms with Gasteiger partial charge in [0.15, 0.2) is 0 Å². The standard InChI is InChI=1S/C9H15ClN2O2S2/c1-7(8-3-4-9(10)15-8)12-16(13,14)6-5-11-2/h3-4,7,11-12H,5-6H2,1-2H3. The highest BCUT2D eigenvalue weighted by molar-refractivity contribution is 7.89. The molecule has 1 aromatic rings. The second-order valence-corrected chi connectivity index (χ2v) is 7.02. The van der Waals surface area contributed by atoms with Crippen LogP contribution in [-0.2, 0) is 10.0 Å². The minimum Gasteiger partial charge on any atom is -0.319 e. The number of thiophene rings is 1. The van der Waals surface area contributed by atoms with Gasteiger partial charge in [-0.2, -0.15) is 0 Å². The lowest BCUT2D eigenvalue weighted by molar-refractivity contribution is 0.566. The molecule has 0 amide bonds. The van der Waals surface area contributed by atoms with Crippen molar-refractivity contribution in [2.24, 2.45) is 0 Å². The minimum atomic E-state index is -3.23. The maximum Gasteiger partial charge on any atom is 0.213 e. The number of halogens is 1. The van der Waals surface area contributed by atoms with Crippen molar-refractivity contribution in [3.8, 4) is 0 Å². The molecule has 0 spiro atoms. The number of nitrogens with one attached hydrogen (secondary N) is 2. The number of hydrogen-bond acceptors (Lipinski definition) is 4. The summed E-state index contributed by atoms with van der Waals surface area (Å²) >= 11 is 7.17. The zero-order valence-corrected chi connectivity index (χ0v) is 11.5. The van der Waals surface area contributed by atoms with Gasteiger partial charge < -0.3 is 5.32 Å². The molecule has 0 aliphatic rings. The summed E-state index contributed by atoms with van der Waals surface area (Å²) in [6.07, 6.45) is 0. The van der Waals surface area contributed by atoms with Crippen molar-refractivity contribution in [3.05, 3.63) is 21.3 Å². The fourth-order valence-electron chi connectivity index (χ4n) is 1.18. The van der Waals surface area contributed by atoms with Crippen LogP contribution in [0.3, 0.4) is 0 Å². The molecule has 0 bridgehead atoms. The van der Waals surface area contributed by atoms with Crippen molar-refractivity contribution in [3.63, 3.8) is 0 Å². The highest BCUT2D eigenvalue weighted by Gasteiger charge is 2.16. The first-order valence-corrected chi connectivity index (χ1v) is 7.69. The third-order valence-electron chi connectivity index (χ3n) is 2.00. The Labute approximate surface area is 105 Å². The summed E-state index contributed by atoms with van der Waals surface area (Å²) in [6, 6.07) is 3.36. The van der Waals surface area contributed by atoms with Crippen molar-refractivity contribution in [1.82, 2.24) is 10.0 Å². The fraction of sp³-hybridized carbons (Fsp3) is 0.556. The van der Waals surface area contributed by atoms with Crippen molar-refractivity contribution in [1.29, 1.82) is 0 Å². The summed E-state index contributed by atoms with van der Waals surface area (Å²) in [7, 11) is -1.51. The smallest absolute Gasteiger partial charge is 0.213 e. The normalized spacial score (nSPS) is 13.9. The molecule has 1 heterocycles. The Morgan fingerprint density at radius 1 is 1.50 bits per heavy atom. The van der Waals surface area contributed by atoms with Gasteiger partial charge in [-0.15, -0.1) is 11.3 Å². The maximum absolute atomic E-state index is 11.6. The van der Waals surface area contributed by atoms with Crippen LogP contribution in [0.4, 0.5) is 0 Å². The molecule has 1 rings (SSSR count). The molecule has 16 heavy (non-hydrogen) atoms. The van der Waals surface area contributed by atoms with Gasteiger partial charge in [0.1, 0.15) is 0 Å². The third-order valence-corrected chi connectivity index (χ3v) is 4.87. The predicted molar refractivity (Wildman–Crippen MR) is 68.6 cm³/mol. The summed E-state index contributed by atoms with van der Waals surface area (Å²) in [5.41, 5.74) is 0. The highest BCUT2D eigenvalue weighted by Crippen LogP contribution is 2.26. The van der Waals surface area contributed by atoms with E-state index in [1.54, 1.807) is 20.0 Å². The molecule has 0 radical (unpaired) electrons. The first-order chi connectivity index (χ1) is 7.44. The Kier molecular flexibility index (Phi) is 5.20. The quantitative estimate of drug-likeness (QED) is 0.833. The van der Waals surface area contributed by atoms with E-state index >= 15 is 0 Å². The Morgan fingerprint density at radius 2 is 2.19 bits per heavy atom. The largest absolute Gasteiger partial charge is 0.319 e. The Bertz CT molecular complexity index is 430. The van der Waals surface area contributed by atoms with Gasteiger partial charge in [0.2, 0.25) is 10.0 Å². The van der Waals surface area contributed by atoms with E-state index < -0.39 is 10.0 Å². The van der Waals surface area contributed by atoms with E-state index in [1.807, 2.05) is 6.07 Å². The van der Waals surface area contributed by atoms with E-state index in [-0.39, 0.29) is 11.8 Å². The third kappa shape index (κ3) is 4.39. The molecule has 0 saturated heterocycles. The molecule has 92 valence electrons. The topological polar surface area (TPSA) is 58.2 Å². The van der Waals surface area contributed by atoms with Crippen molar-refractivity contribution >= 4 is 33.0 Å². The van der Waals surface area contributed by atoms with Gasteiger partial charge in [0.05, 0.1) is 16.1 Å². The highest BCUT2D eigenvalue weighted by atomic mass is 35.5. The zero-order chi connectivity index (χ0) is 12.2. The van der Waals surface area contributed by atoms with Crippen LogP contribution in [0.15, 0.2) is 12.1 Å². The maximum atomic E-state index is 11.6. The molecule has 0 aromatic carbocycles. The molecule has 0 aliphatic carbocycles. The molecular weight excluding hydrogens is 268 g/mol. The van der Waals surface area contributed by atoms with Crippen molar-refractivity contribution in [2.75, 3.05) is 19.3 Å². The molecule has 0 aliphatic heterocycles. The van der Waals surface area contributed by atoms with Gasteiger partial charge in [0.25, 0.3) is 0 Å². The second kappa shape index (κ2) is 5.97. The minimum absolute atomic E-state index is 0.0763. The zero-order valence-electron chi connectivity index (χ0n) is 9.16. The van der Waals surface area contributed by atoms with Crippen LogP contribution in [0.25, 0.3) is 0 Å². The van der Waals surface area contributed by atoms with Gasteiger partial charge in [-0.3, -0.25) is 0 Å². The lowest BCUT2D eigenvalue weighted by atomic mass is 10.3. The van der Waals surface area contributed by atoms with Crippen molar-refractivity contribution < 1.29 is 8.42 Å². The Balaban J connectivity index is 2.60.